The highest BCUT2D eigenvalue weighted by Gasteiger charge is 2.41. The lowest BCUT2D eigenvalue weighted by Crippen LogP contribution is -2.40. The minimum absolute atomic E-state index is 0.615. The Morgan fingerprint density at radius 1 is 1.00 bits per heavy atom. The van der Waals surface area contributed by atoms with E-state index in [1.165, 1.54) is 0 Å². The van der Waals surface area contributed by atoms with Crippen molar-refractivity contribution in [1.82, 2.24) is 4.98 Å². The maximum atomic E-state index is 6.08. The van der Waals surface area contributed by atoms with E-state index in [9.17, 15) is 0 Å². The molecule has 3 rings (SSSR count). The summed E-state index contributed by atoms with van der Waals surface area (Å²) >= 11 is 0. The normalized spacial score (nSPS) is 16.8. The summed E-state index contributed by atoms with van der Waals surface area (Å²) in [5.41, 5.74) is 2.50. The van der Waals surface area contributed by atoms with Crippen molar-refractivity contribution in [2.75, 3.05) is 27.4 Å². The molecular weight excluding hydrogens is 294 g/mol. The summed E-state index contributed by atoms with van der Waals surface area (Å²) in [6, 6.07) is 11.5. The molecule has 0 spiro atoms. The first-order chi connectivity index (χ1) is 11.2. The van der Waals surface area contributed by atoms with Crippen molar-refractivity contribution in [1.29, 1.82) is 0 Å². The van der Waals surface area contributed by atoms with Gasteiger partial charge in [0, 0.05) is 11.3 Å². The SMILES string of the molecule is COc1ccc(C2(c3cccc(C)n3)OCCCO2)cc1OC. The Hall–Kier alpha value is -2.11. The van der Waals surface area contributed by atoms with Crippen LogP contribution in [0.1, 0.15) is 23.4 Å². The number of rotatable bonds is 4. The fraction of sp³-hybridized carbons (Fsp3) is 0.389. The lowest BCUT2D eigenvalue weighted by atomic mass is 9.99. The van der Waals surface area contributed by atoms with E-state index >= 15 is 0 Å². The van der Waals surface area contributed by atoms with E-state index in [0.717, 1.165) is 23.4 Å². The molecule has 0 saturated carbocycles. The molecule has 1 saturated heterocycles. The molecule has 23 heavy (non-hydrogen) atoms. The highest BCUT2D eigenvalue weighted by molar-refractivity contribution is 5.46. The zero-order valence-corrected chi connectivity index (χ0v) is 13.7. The Morgan fingerprint density at radius 2 is 1.74 bits per heavy atom. The molecule has 0 N–H and O–H groups in total. The van der Waals surface area contributed by atoms with Crippen LogP contribution in [0.25, 0.3) is 0 Å². The highest BCUT2D eigenvalue weighted by atomic mass is 16.7. The molecule has 1 aromatic carbocycles. The Kier molecular flexibility index (Phi) is 4.50. The number of benzene rings is 1. The molecule has 1 aliphatic heterocycles. The molecule has 0 atom stereocenters. The summed E-state index contributed by atoms with van der Waals surface area (Å²) in [5.74, 6) is 0.290. The van der Waals surface area contributed by atoms with Gasteiger partial charge in [-0.3, -0.25) is 4.98 Å². The predicted molar refractivity (Wildman–Crippen MR) is 85.8 cm³/mol. The lowest BCUT2D eigenvalue weighted by Gasteiger charge is -2.37. The van der Waals surface area contributed by atoms with E-state index in [4.69, 9.17) is 18.9 Å². The number of hydrogen-bond donors (Lipinski definition) is 0. The molecule has 5 nitrogen and oxygen atoms in total. The van der Waals surface area contributed by atoms with E-state index in [-0.39, 0.29) is 0 Å². The van der Waals surface area contributed by atoms with Gasteiger partial charge in [0.15, 0.2) is 11.5 Å². The van der Waals surface area contributed by atoms with Gasteiger partial charge in [0.05, 0.1) is 27.4 Å². The molecule has 1 aliphatic rings. The van der Waals surface area contributed by atoms with Gasteiger partial charge in [-0.2, -0.15) is 0 Å². The molecule has 1 aromatic heterocycles. The maximum Gasteiger partial charge on any atom is 0.240 e. The first-order valence-electron chi connectivity index (χ1n) is 7.64. The largest absolute Gasteiger partial charge is 0.493 e. The van der Waals surface area contributed by atoms with Crippen LogP contribution in [0.3, 0.4) is 0 Å². The van der Waals surface area contributed by atoms with Gasteiger partial charge in [0.2, 0.25) is 5.79 Å². The van der Waals surface area contributed by atoms with Gasteiger partial charge in [0.25, 0.3) is 0 Å². The van der Waals surface area contributed by atoms with Crippen LogP contribution in [-0.2, 0) is 15.3 Å². The van der Waals surface area contributed by atoms with Gasteiger partial charge in [-0.05, 0) is 43.7 Å². The number of aryl methyl sites for hydroxylation is 1. The van der Waals surface area contributed by atoms with Gasteiger partial charge in [-0.1, -0.05) is 6.07 Å². The Bertz CT molecular complexity index is 680. The summed E-state index contributed by atoms with van der Waals surface area (Å²) in [7, 11) is 3.23. The summed E-state index contributed by atoms with van der Waals surface area (Å²) in [4.78, 5) is 4.62. The van der Waals surface area contributed by atoms with Gasteiger partial charge in [0.1, 0.15) is 5.69 Å². The Labute approximate surface area is 136 Å². The van der Waals surface area contributed by atoms with Crippen LogP contribution in [0, 0.1) is 6.92 Å². The second kappa shape index (κ2) is 6.56. The van der Waals surface area contributed by atoms with Crippen molar-refractivity contribution in [2.45, 2.75) is 19.1 Å². The monoisotopic (exact) mass is 315 g/mol. The van der Waals surface area contributed by atoms with Crippen molar-refractivity contribution in [3.63, 3.8) is 0 Å². The summed E-state index contributed by atoms with van der Waals surface area (Å²) in [5, 5.41) is 0. The van der Waals surface area contributed by atoms with E-state index < -0.39 is 5.79 Å². The quantitative estimate of drug-likeness (QED) is 0.868. The molecule has 2 aromatic rings. The molecule has 0 radical (unpaired) electrons. The first-order valence-corrected chi connectivity index (χ1v) is 7.64. The van der Waals surface area contributed by atoms with Crippen LogP contribution in [0.4, 0.5) is 0 Å². The average Bonchev–Trinajstić information content (AvgIpc) is 2.61. The standard InChI is InChI=1S/C18H21NO4/c1-13-6-4-7-17(19-13)18(22-10-5-11-23-18)14-8-9-15(20-2)16(12-14)21-3/h4,6-9,12H,5,10-11H2,1-3H3. The third-order valence-corrected chi connectivity index (χ3v) is 3.89. The minimum Gasteiger partial charge on any atom is -0.493 e. The second-order valence-electron chi connectivity index (χ2n) is 5.40. The number of methoxy groups -OCH3 is 2. The van der Waals surface area contributed by atoms with Gasteiger partial charge in [-0.15, -0.1) is 0 Å². The molecule has 5 heteroatoms. The van der Waals surface area contributed by atoms with Gasteiger partial charge in [-0.25, -0.2) is 0 Å². The second-order valence-corrected chi connectivity index (χ2v) is 5.40. The van der Waals surface area contributed by atoms with Crippen molar-refractivity contribution in [3.8, 4) is 11.5 Å². The predicted octanol–water partition coefficient (Wildman–Crippen LogP) is 3.05. The third kappa shape index (κ3) is 2.90. The summed E-state index contributed by atoms with van der Waals surface area (Å²) in [6.07, 6.45) is 0.862. The lowest BCUT2D eigenvalue weighted by molar-refractivity contribution is -0.251. The van der Waals surface area contributed by atoms with Gasteiger partial charge < -0.3 is 18.9 Å². The van der Waals surface area contributed by atoms with Crippen molar-refractivity contribution < 1.29 is 18.9 Å². The summed E-state index contributed by atoms with van der Waals surface area (Å²) < 4.78 is 22.9. The zero-order chi connectivity index (χ0) is 16.3. The minimum atomic E-state index is -1.01. The van der Waals surface area contributed by atoms with E-state index in [2.05, 4.69) is 4.98 Å². The number of hydrogen-bond acceptors (Lipinski definition) is 5. The Balaban J connectivity index is 2.13. The van der Waals surface area contributed by atoms with E-state index in [1.54, 1.807) is 14.2 Å². The maximum absolute atomic E-state index is 6.08. The molecule has 0 aliphatic carbocycles. The van der Waals surface area contributed by atoms with Crippen LogP contribution in [-0.4, -0.2) is 32.4 Å². The fourth-order valence-electron chi connectivity index (χ4n) is 2.76. The smallest absolute Gasteiger partial charge is 0.240 e. The molecular formula is C18H21NO4. The van der Waals surface area contributed by atoms with Crippen molar-refractivity contribution in [2.24, 2.45) is 0 Å². The fourth-order valence-corrected chi connectivity index (χ4v) is 2.76. The molecule has 0 unspecified atom stereocenters. The highest BCUT2D eigenvalue weighted by Crippen LogP contribution is 2.40. The first kappa shape index (κ1) is 15.8. The van der Waals surface area contributed by atoms with Crippen LogP contribution in [0.5, 0.6) is 11.5 Å². The zero-order valence-electron chi connectivity index (χ0n) is 13.7. The number of pyridine rings is 1. The molecule has 0 amide bonds. The van der Waals surface area contributed by atoms with E-state index in [1.807, 2.05) is 43.3 Å². The van der Waals surface area contributed by atoms with Crippen LogP contribution in [0.2, 0.25) is 0 Å². The third-order valence-electron chi connectivity index (χ3n) is 3.89. The summed E-state index contributed by atoms with van der Waals surface area (Å²) in [6.45, 7) is 3.18. The molecule has 0 bridgehead atoms. The number of nitrogens with zero attached hydrogens (tertiary/aromatic N) is 1. The van der Waals surface area contributed by atoms with E-state index in [0.29, 0.717) is 24.7 Å². The molecule has 1 fully saturated rings. The van der Waals surface area contributed by atoms with Crippen molar-refractivity contribution in [3.05, 3.63) is 53.3 Å². The molecule has 122 valence electrons. The number of aromatic nitrogens is 1. The van der Waals surface area contributed by atoms with Crippen LogP contribution < -0.4 is 9.47 Å². The van der Waals surface area contributed by atoms with Crippen LogP contribution >= 0.6 is 0 Å². The van der Waals surface area contributed by atoms with Crippen LogP contribution in [0.15, 0.2) is 36.4 Å². The molecule has 2 heterocycles. The average molecular weight is 315 g/mol. The number of ether oxygens (including phenoxy) is 4. The van der Waals surface area contributed by atoms with Crippen molar-refractivity contribution >= 4 is 0 Å². The van der Waals surface area contributed by atoms with Gasteiger partial charge >= 0.3 is 0 Å². The topological polar surface area (TPSA) is 49.8 Å². The Morgan fingerprint density at radius 3 is 2.39 bits per heavy atom.